The van der Waals surface area contributed by atoms with E-state index in [0.717, 1.165) is 17.5 Å². The van der Waals surface area contributed by atoms with Crippen molar-refractivity contribution in [2.45, 2.75) is 20.3 Å². The molecule has 5 heteroatoms. The third kappa shape index (κ3) is 4.76. The quantitative estimate of drug-likeness (QED) is 0.676. The first-order valence-electron chi connectivity index (χ1n) is 9.20. The van der Waals surface area contributed by atoms with Gasteiger partial charge in [0.1, 0.15) is 0 Å². The van der Waals surface area contributed by atoms with Gasteiger partial charge in [0.25, 0.3) is 5.91 Å². The Hall–Kier alpha value is -3.08. The fraction of sp³-hybridized carbons (Fsp3) is 0.273. The average molecular weight is 363 g/mol. The zero-order valence-corrected chi connectivity index (χ0v) is 15.8. The number of nitrogens with one attached hydrogen (secondary N) is 2. The lowest BCUT2D eigenvalue weighted by Crippen LogP contribution is -2.38. The van der Waals surface area contributed by atoms with Gasteiger partial charge in [-0.25, -0.2) is 0 Å². The lowest BCUT2D eigenvalue weighted by Gasteiger charge is -2.21. The van der Waals surface area contributed by atoms with E-state index in [2.05, 4.69) is 16.4 Å². The highest BCUT2D eigenvalue weighted by Gasteiger charge is 2.12. The molecule has 2 amide bonds. The fourth-order valence-electron chi connectivity index (χ4n) is 3.13. The number of fused-ring (bicyclic) bond motifs is 1. The van der Waals surface area contributed by atoms with Crippen LogP contribution in [0, 0.1) is 6.92 Å². The molecule has 0 unspecified atom stereocenters. The van der Waals surface area contributed by atoms with E-state index in [1.807, 2.05) is 55.6 Å². The van der Waals surface area contributed by atoms with Crippen molar-refractivity contribution in [3.63, 3.8) is 0 Å². The molecule has 5 nitrogen and oxygen atoms in total. The van der Waals surface area contributed by atoms with Gasteiger partial charge in [-0.15, -0.1) is 0 Å². The Morgan fingerprint density at radius 1 is 1.04 bits per heavy atom. The number of nitrogens with zero attached hydrogens (tertiary/aromatic N) is 1. The average Bonchev–Trinajstić information content (AvgIpc) is 3.08. The van der Waals surface area contributed by atoms with Crippen molar-refractivity contribution in [1.82, 2.24) is 15.2 Å². The van der Waals surface area contributed by atoms with Crippen molar-refractivity contribution in [1.29, 1.82) is 0 Å². The molecular formula is C22H25N3O2. The molecule has 140 valence electrons. The maximum Gasteiger partial charge on any atom is 0.251 e. The number of aryl methyl sites for hydroxylation is 1. The predicted octanol–water partition coefficient (Wildman–Crippen LogP) is 3.30. The van der Waals surface area contributed by atoms with Crippen LogP contribution >= 0.6 is 0 Å². The number of hydrogen-bond donors (Lipinski definition) is 2. The van der Waals surface area contributed by atoms with E-state index in [1.165, 1.54) is 10.9 Å². The van der Waals surface area contributed by atoms with Crippen LogP contribution in [0.15, 0.2) is 54.7 Å². The zero-order valence-electron chi connectivity index (χ0n) is 15.8. The van der Waals surface area contributed by atoms with Crippen molar-refractivity contribution >= 4 is 22.7 Å². The molecule has 0 aliphatic heterocycles. The highest BCUT2D eigenvalue weighted by Crippen LogP contribution is 2.18. The molecule has 3 rings (SSSR count). The molecule has 0 saturated carbocycles. The number of aromatic amines is 1. The first-order valence-corrected chi connectivity index (χ1v) is 9.20. The lowest BCUT2D eigenvalue weighted by molar-refractivity contribution is -0.128. The van der Waals surface area contributed by atoms with Crippen molar-refractivity contribution < 1.29 is 9.59 Å². The van der Waals surface area contributed by atoms with Crippen LogP contribution in [0.1, 0.15) is 28.4 Å². The van der Waals surface area contributed by atoms with E-state index >= 15 is 0 Å². The van der Waals surface area contributed by atoms with E-state index in [4.69, 9.17) is 0 Å². The van der Waals surface area contributed by atoms with Gasteiger partial charge in [0, 0.05) is 49.2 Å². The number of rotatable bonds is 7. The SMILES string of the molecule is CC(=O)N(CCNC(=O)c1ccc(C)cc1)CCc1c[nH]c2ccccc12. The molecule has 0 atom stereocenters. The van der Waals surface area contributed by atoms with Crippen molar-refractivity contribution in [2.24, 2.45) is 0 Å². The third-order valence-electron chi connectivity index (χ3n) is 4.75. The Labute approximate surface area is 159 Å². The molecule has 27 heavy (non-hydrogen) atoms. The van der Waals surface area contributed by atoms with Gasteiger partial charge < -0.3 is 15.2 Å². The summed E-state index contributed by atoms with van der Waals surface area (Å²) in [4.78, 5) is 29.2. The first kappa shape index (κ1) is 18.7. The molecule has 0 fully saturated rings. The molecular weight excluding hydrogens is 338 g/mol. The summed E-state index contributed by atoms with van der Waals surface area (Å²) in [7, 11) is 0. The number of amides is 2. The second-order valence-corrected chi connectivity index (χ2v) is 6.74. The summed E-state index contributed by atoms with van der Waals surface area (Å²) in [6, 6.07) is 15.6. The zero-order chi connectivity index (χ0) is 19.2. The number of H-pyrrole nitrogens is 1. The summed E-state index contributed by atoms with van der Waals surface area (Å²) in [6.07, 6.45) is 2.78. The minimum absolute atomic E-state index is 0.0134. The Kier molecular flexibility index (Phi) is 5.91. The second-order valence-electron chi connectivity index (χ2n) is 6.74. The van der Waals surface area contributed by atoms with Gasteiger partial charge in [-0.1, -0.05) is 35.9 Å². The Morgan fingerprint density at radius 2 is 1.78 bits per heavy atom. The van der Waals surface area contributed by atoms with Crippen LogP contribution in [0.4, 0.5) is 0 Å². The molecule has 1 heterocycles. The number of para-hydroxylation sites is 1. The van der Waals surface area contributed by atoms with Crippen LogP contribution in [0.25, 0.3) is 10.9 Å². The standard InChI is InChI=1S/C22H25N3O2/c1-16-7-9-18(10-8-16)22(27)23-12-14-25(17(2)26)13-11-19-15-24-21-6-4-3-5-20(19)21/h3-10,15,24H,11-14H2,1-2H3,(H,23,27). The monoisotopic (exact) mass is 363 g/mol. The largest absolute Gasteiger partial charge is 0.361 e. The predicted molar refractivity (Wildman–Crippen MR) is 108 cm³/mol. The van der Waals surface area contributed by atoms with Crippen molar-refractivity contribution in [3.8, 4) is 0 Å². The third-order valence-corrected chi connectivity index (χ3v) is 4.75. The summed E-state index contributed by atoms with van der Waals surface area (Å²) >= 11 is 0. The number of hydrogen-bond acceptors (Lipinski definition) is 2. The molecule has 1 aromatic heterocycles. The van der Waals surface area contributed by atoms with Crippen LogP contribution in [0.3, 0.4) is 0 Å². The summed E-state index contributed by atoms with van der Waals surface area (Å²) in [6.45, 7) is 5.10. The summed E-state index contributed by atoms with van der Waals surface area (Å²) < 4.78 is 0. The normalized spacial score (nSPS) is 10.7. The number of carbonyl (C=O) groups is 2. The van der Waals surface area contributed by atoms with E-state index in [9.17, 15) is 9.59 Å². The van der Waals surface area contributed by atoms with Gasteiger partial charge in [-0.3, -0.25) is 9.59 Å². The van der Waals surface area contributed by atoms with Crippen LogP contribution < -0.4 is 5.32 Å². The Morgan fingerprint density at radius 3 is 2.52 bits per heavy atom. The number of benzene rings is 2. The summed E-state index contributed by atoms with van der Waals surface area (Å²) in [5.41, 5.74) is 4.05. The molecule has 2 N–H and O–H groups in total. The molecule has 0 spiro atoms. The van der Waals surface area contributed by atoms with Gasteiger partial charge in [-0.2, -0.15) is 0 Å². The Balaban J connectivity index is 1.52. The summed E-state index contributed by atoms with van der Waals surface area (Å²) in [5.74, 6) is -0.102. The van der Waals surface area contributed by atoms with Crippen LogP contribution in [-0.2, 0) is 11.2 Å². The smallest absolute Gasteiger partial charge is 0.251 e. The number of aromatic nitrogens is 1. The number of carbonyl (C=O) groups excluding carboxylic acids is 2. The first-order chi connectivity index (χ1) is 13.0. The van der Waals surface area contributed by atoms with E-state index in [1.54, 1.807) is 11.8 Å². The van der Waals surface area contributed by atoms with E-state index in [-0.39, 0.29) is 11.8 Å². The van der Waals surface area contributed by atoms with Crippen molar-refractivity contribution in [3.05, 3.63) is 71.4 Å². The van der Waals surface area contributed by atoms with Gasteiger partial charge >= 0.3 is 0 Å². The summed E-state index contributed by atoms with van der Waals surface area (Å²) in [5, 5.41) is 4.08. The topological polar surface area (TPSA) is 65.2 Å². The maximum absolute atomic E-state index is 12.2. The Bertz CT molecular complexity index is 928. The highest BCUT2D eigenvalue weighted by molar-refractivity contribution is 5.94. The van der Waals surface area contributed by atoms with E-state index < -0.39 is 0 Å². The minimum atomic E-state index is -0.116. The molecule has 2 aromatic carbocycles. The molecule has 0 aliphatic carbocycles. The highest BCUT2D eigenvalue weighted by atomic mass is 16.2. The van der Waals surface area contributed by atoms with E-state index in [0.29, 0.717) is 25.2 Å². The molecule has 0 aliphatic rings. The van der Waals surface area contributed by atoms with Crippen molar-refractivity contribution in [2.75, 3.05) is 19.6 Å². The van der Waals surface area contributed by atoms with Gasteiger partial charge in [0.15, 0.2) is 0 Å². The van der Waals surface area contributed by atoms with Gasteiger partial charge in [0.05, 0.1) is 0 Å². The van der Waals surface area contributed by atoms with Crippen LogP contribution in [-0.4, -0.2) is 41.3 Å². The maximum atomic E-state index is 12.2. The minimum Gasteiger partial charge on any atom is -0.361 e. The van der Waals surface area contributed by atoms with Crippen LogP contribution in [0.2, 0.25) is 0 Å². The molecule has 3 aromatic rings. The molecule has 0 radical (unpaired) electrons. The second kappa shape index (κ2) is 8.54. The molecule has 0 saturated heterocycles. The molecule has 0 bridgehead atoms. The van der Waals surface area contributed by atoms with Gasteiger partial charge in [0.2, 0.25) is 5.91 Å². The fourth-order valence-corrected chi connectivity index (χ4v) is 3.13. The van der Waals surface area contributed by atoms with Gasteiger partial charge in [-0.05, 0) is 37.1 Å². The lowest BCUT2D eigenvalue weighted by atomic mass is 10.1. The van der Waals surface area contributed by atoms with Crippen LogP contribution in [0.5, 0.6) is 0 Å².